The minimum Gasteiger partial charge on any atom is -0.352 e. The zero-order valence-corrected chi connectivity index (χ0v) is 11.8. The van der Waals surface area contributed by atoms with E-state index in [2.05, 4.69) is 10.6 Å². The second-order valence-corrected chi connectivity index (χ2v) is 4.62. The maximum atomic E-state index is 11.5. The summed E-state index contributed by atoms with van der Waals surface area (Å²) >= 11 is 0. The highest BCUT2D eigenvalue weighted by Crippen LogP contribution is 2.12. The van der Waals surface area contributed by atoms with Gasteiger partial charge in [0.25, 0.3) is 5.69 Å². The quantitative estimate of drug-likeness (QED) is 0.468. The molecule has 112 valence electrons. The third-order valence-electron chi connectivity index (χ3n) is 2.40. The van der Waals surface area contributed by atoms with Crippen LogP contribution in [-0.2, 0) is 9.59 Å². The number of carbonyl (C=O) groups excluding carboxylic acids is 2. The summed E-state index contributed by atoms with van der Waals surface area (Å²) in [6.07, 6.45) is 2.78. The summed E-state index contributed by atoms with van der Waals surface area (Å²) in [5.41, 5.74) is 0.643. The second-order valence-electron chi connectivity index (χ2n) is 4.62. The highest BCUT2D eigenvalue weighted by molar-refractivity contribution is 5.94. The molecule has 0 radical (unpaired) electrons. The summed E-state index contributed by atoms with van der Waals surface area (Å²) in [4.78, 5) is 32.8. The van der Waals surface area contributed by atoms with Crippen molar-refractivity contribution in [2.75, 3.05) is 6.54 Å². The molecule has 2 N–H and O–H groups in total. The molecule has 0 aliphatic rings. The zero-order valence-electron chi connectivity index (χ0n) is 11.8. The van der Waals surface area contributed by atoms with Crippen LogP contribution in [0.25, 0.3) is 6.08 Å². The number of rotatable bonds is 6. The fraction of sp³-hybridized carbons (Fsp3) is 0.286. The largest absolute Gasteiger partial charge is 0.352 e. The Kier molecular flexibility index (Phi) is 6.06. The Bertz CT molecular complexity index is 550. The van der Waals surface area contributed by atoms with Crippen molar-refractivity contribution in [3.8, 4) is 0 Å². The van der Waals surface area contributed by atoms with Gasteiger partial charge in [0.1, 0.15) is 0 Å². The van der Waals surface area contributed by atoms with E-state index in [9.17, 15) is 19.7 Å². The van der Waals surface area contributed by atoms with Crippen LogP contribution in [-0.4, -0.2) is 29.3 Å². The molecule has 7 heteroatoms. The summed E-state index contributed by atoms with van der Waals surface area (Å²) in [5.74, 6) is -0.672. The van der Waals surface area contributed by atoms with Crippen LogP contribution in [0.3, 0.4) is 0 Å². The van der Waals surface area contributed by atoms with Gasteiger partial charge in [-0.2, -0.15) is 0 Å². The first-order valence-corrected chi connectivity index (χ1v) is 6.38. The van der Waals surface area contributed by atoms with Crippen molar-refractivity contribution in [3.05, 3.63) is 46.0 Å². The van der Waals surface area contributed by atoms with Crippen molar-refractivity contribution in [3.63, 3.8) is 0 Å². The van der Waals surface area contributed by atoms with E-state index in [1.165, 1.54) is 36.4 Å². The second kappa shape index (κ2) is 7.78. The fourth-order valence-electron chi connectivity index (χ4n) is 1.48. The number of nitro benzene ring substituents is 1. The number of amides is 2. The highest BCUT2D eigenvalue weighted by atomic mass is 16.6. The van der Waals surface area contributed by atoms with Crippen molar-refractivity contribution in [2.24, 2.45) is 0 Å². The lowest BCUT2D eigenvalue weighted by molar-refractivity contribution is -0.384. The van der Waals surface area contributed by atoms with Crippen LogP contribution < -0.4 is 10.6 Å². The smallest absolute Gasteiger partial charge is 0.269 e. The Morgan fingerprint density at radius 1 is 1.29 bits per heavy atom. The molecule has 1 aromatic rings. The highest BCUT2D eigenvalue weighted by Gasteiger charge is 2.05. The van der Waals surface area contributed by atoms with Gasteiger partial charge in [0.05, 0.1) is 11.5 Å². The van der Waals surface area contributed by atoms with Gasteiger partial charge < -0.3 is 10.6 Å². The third kappa shape index (κ3) is 6.33. The van der Waals surface area contributed by atoms with E-state index >= 15 is 0 Å². The zero-order chi connectivity index (χ0) is 15.8. The summed E-state index contributed by atoms with van der Waals surface area (Å²) in [6.45, 7) is 3.56. The molecule has 0 fully saturated rings. The maximum absolute atomic E-state index is 11.5. The van der Waals surface area contributed by atoms with E-state index in [-0.39, 0.29) is 24.2 Å². The van der Waals surface area contributed by atoms with Crippen LogP contribution in [0.4, 0.5) is 5.69 Å². The standard InChI is InChI=1S/C14H17N3O4/c1-10(2)16-14(19)9-15-13(18)8-5-11-3-6-12(7-4-11)17(20)21/h3-8,10H,9H2,1-2H3,(H,15,18)(H,16,19)/b8-5+. The van der Waals surface area contributed by atoms with Crippen molar-refractivity contribution in [1.82, 2.24) is 10.6 Å². The molecule has 0 spiro atoms. The molecule has 7 nitrogen and oxygen atoms in total. The summed E-state index contributed by atoms with van der Waals surface area (Å²) in [7, 11) is 0. The van der Waals surface area contributed by atoms with Crippen LogP contribution in [0.1, 0.15) is 19.4 Å². The summed E-state index contributed by atoms with van der Waals surface area (Å²) < 4.78 is 0. The number of benzene rings is 1. The lowest BCUT2D eigenvalue weighted by Crippen LogP contribution is -2.39. The third-order valence-corrected chi connectivity index (χ3v) is 2.40. The molecule has 0 saturated heterocycles. The molecule has 0 bridgehead atoms. The molecule has 0 aromatic heterocycles. The molecule has 0 saturated carbocycles. The molecule has 0 aliphatic heterocycles. The van der Waals surface area contributed by atoms with Gasteiger partial charge in [-0.15, -0.1) is 0 Å². The van der Waals surface area contributed by atoms with E-state index in [1.54, 1.807) is 0 Å². The number of hydrogen-bond acceptors (Lipinski definition) is 4. The van der Waals surface area contributed by atoms with Crippen molar-refractivity contribution in [1.29, 1.82) is 0 Å². The summed E-state index contributed by atoms with van der Waals surface area (Å²) in [5, 5.41) is 15.6. The lowest BCUT2D eigenvalue weighted by atomic mass is 10.2. The number of nitrogens with one attached hydrogen (secondary N) is 2. The Hall–Kier alpha value is -2.70. The molecular formula is C14H17N3O4. The predicted octanol–water partition coefficient (Wildman–Crippen LogP) is 1.25. The van der Waals surface area contributed by atoms with Gasteiger partial charge >= 0.3 is 0 Å². The van der Waals surface area contributed by atoms with E-state index in [0.29, 0.717) is 5.56 Å². The van der Waals surface area contributed by atoms with E-state index < -0.39 is 10.8 Å². The van der Waals surface area contributed by atoms with Gasteiger partial charge in [-0.3, -0.25) is 19.7 Å². The average Bonchev–Trinajstić information content (AvgIpc) is 2.42. The SMILES string of the molecule is CC(C)NC(=O)CNC(=O)/C=C/c1ccc([N+](=O)[O-])cc1. The molecule has 0 atom stereocenters. The topological polar surface area (TPSA) is 101 Å². The first-order chi connectivity index (χ1) is 9.88. The molecule has 0 heterocycles. The van der Waals surface area contributed by atoms with E-state index in [0.717, 1.165) is 0 Å². The summed E-state index contributed by atoms with van der Waals surface area (Å²) in [6, 6.07) is 5.80. The van der Waals surface area contributed by atoms with Gasteiger partial charge in [0, 0.05) is 24.3 Å². The van der Waals surface area contributed by atoms with Crippen molar-refractivity contribution < 1.29 is 14.5 Å². The van der Waals surface area contributed by atoms with Crippen LogP contribution in [0.5, 0.6) is 0 Å². The fourth-order valence-corrected chi connectivity index (χ4v) is 1.48. The number of non-ortho nitro benzene ring substituents is 1. The van der Waals surface area contributed by atoms with Crippen molar-refractivity contribution >= 4 is 23.6 Å². The molecule has 1 rings (SSSR count). The van der Waals surface area contributed by atoms with Crippen LogP contribution in [0, 0.1) is 10.1 Å². The Labute approximate surface area is 122 Å². The van der Waals surface area contributed by atoms with Crippen molar-refractivity contribution in [2.45, 2.75) is 19.9 Å². The molecule has 21 heavy (non-hydrogen) atoms. The van der Waals surface area contributed by atoms with Gasteiger partial charge in [-0.25, -0.2) is 0 Å². The molecule has 1 aromatic carbocycles. The normalized spacial score (nSPS) is 10.6. The Morgan fingerprint density at radius 2 is 1.90 bits per heavy atom. The van der Waals surface area contributed by atoms with Crippen LogP contribution >= 0.6 is 0 Å². The maximum Gasteiger partial charge on any atom is 0.269 e. The number of carbonyl (C=O) groups is 2. The van der Waals surface area contributed by atoms with Gasteiger partial charge in [-0.1, -0.05) is 0 Å². The molecule has 0 unspecified atom stereocenters. The minimum atomic E-state index is -0.493. The number of nitro groups is 1. The van der Waals surface area contributed by atoms with Gasteiger partial charge in [0.15, 0.2) is 0 Å². The van der Waals surface area contributed by atoms with E-state index in [1.807, 2.05) is 13.8 Å². The first-order valence-electron chi connectivity index (χ1n) is 6.38. The Morgan fingerprint density at radius 3 is 2.43 bits per heavy atom. The van der Waals surface area contributed by atoms with Gasteiger partial charge in [0.2, 0.25) is 11.8 Å². The monoisotopic (exact) mass is 291 g/mol. The van der Waals surface area contributed by atoms with Gasteiger partial charge in [-0.05, 0) is 37.6 Å². The average molecular weight is 291 g/mol. The molecule has 0 aliphatic carbocycles. The first kappa shape index (κ1) is 16.4. The molecular weight excluding hydrogens is 274 g/mol. The number of nitrogens with zero attached hydrogens (tertiary/aromatic N) is 1. The van der Waals surface area contributed by atoms with E-state index in [4.69, 9.17) is 0 Å². The number of hydrogen-bond donors (Lipinski definition) is 2. The Balaban J connectivity index is 2.47. The van der Waals surface area contributed by atoms with Crippen LogP contribution in [0.15, 0.2) is 30.3 Å². The van der Waals surface area contributed by atoms with Crippen LogP contribution in [0.2, 0.25) is 0 Å². The molecule has 2 amide bonds. The predicted molar refractivity (Wildman–Crippen MR) is 78.4 cm³/mol. The minimum absolute atomic E-state index is 0.0121. The lowest BCUT2D eigenvalue weighted by Gasteiger charge is -2.07.